The SMILES string of the molecule is C=C(C)C(N)=O.C=NC(N)=O. The largest absolute Gasteiger partial charge is 0.366 e. The number of carbonyl (C=O) groups excluding carboxylic acids is 2. The molecule has 0 aliphatic carbocycles. The van der Waals surface area contributed by atoms with Gasteiger partial charge in [-0.2, -0.15) is 0 Å². The summed E-state index contributed by atoms with van der Waals surface area (Å²) in [7, 11) is 0. The minimum atomic E-state index is -0.731. The van der Waals surface area contributed by atoms with Gasteiger partial charge in [-0.25, -0.2) is 9.79 Å². The molecule has 0 bridgehead atoms. The molecule has 0 spiro atoms. The van der Waals surface area contributed by atoms with Gasteiger partial charge in [-0.05, 0) is 13.6 Å². The molecule has 0 saturated heterocycles. The second-order valence-corrected chi connectivity index (χ2v) is 1.64. The minimum Gasteiger partial charge on any atom is -0.366 e. The molecule has 0 unspecified atom stereocenters. The number of aliphatic imine (C=N–C) groups is 1. The summed E-state index contributed by atoms with van der Waals surface area (Å²) in [5.74, 6) is -0.435. The summed E-state index contributed by atoms with van der Waals surface area (Å²) in [6.07, 6.45) is 0. The van der Waals surface area contributed by atoms with Crippen LogP contribution in [0.2, 0.25) is 0 Å². The van der Waals surface area contributed by atoms with Gasteiger partial charge in [0.15, 0.2) is 0 Å². The smallest absolute Gasteiger partial charge is 0.337 e. The average Bonchev–Trinajstić information content (AvgIpc) is 1.89. The highest BCUT2D eigenvalue weighted by Crippen LogP contribution is 1.78. The Labute approximate surface area is 64.8 Å². The number of primary amides is 2. The number of hydrogen-bond acceptors (Lipinski definition) is 2. The molecule has 0 aliphatic heterocycles. The number of carbonyl (C=O) groups is 2. The number of hydrogen-bond donors (Lipinski definition) is 2. The molecule has 11 heavy (non-hydrogen) atoms. The third-order valence-electron chi connectivity index (χ3n) is 0.576. The highest BCUT2D eigenvalue weighted by Gasteiger charge is 1.86. The van der Waals surface area contributed by atoms with Crippen LogP contribution < -0.4 is 11.5 Å². The second kappa shape index (κ2) is 6.47. The van der Waals surface area contributed by atoms with E-state index >= 15 is 0 Å². The first-order valence-corrected chi connectivity index (χ1v) is 2.63. The van der Waals surface area contributed by atoms with Gasteiger partial charge < -0.3 is 11.5 Å². The van der Waals surface area contributed by atoms with Gasteiger partial charge in [0.25, 0.3) is 0 Å². The summed E-state index contributed by atoms with van der Waals surface area (Å²) in [5.41, 5.74) is 9.52. The van der Waals surface area contributed by atoms with Gasteiger partial charge in [-0.15, -0.1) is 0 Å². The molecule has 0 fully saturated rings. The van der Waals surface area contributed by atoms with Crippen LogP contribution >= 0.6 is 0 Å². The number of rotatable bonds is 1. The minimum absolute atomic E-state index is 0.398. The van der Waals surface area contributed by atoms with E-state index in [-0.39, 0.29) is 0 Å². The van der Waals surface area contributed by atoms with E-state index in [1.165, 1.54) is 0 Å². The fourth-order valence-corrected chi connectivity index (χ4v) is 0. The van der Waals surface area contributed by atoms with Crippen LogP contribution in [0, 0.1) is 0 Å². The molecule has 0 aliphatic rings. The van der Waals surface area contributed by atoms with E-state index in [9.17, 15) is 9.59 Å². The van der Waals surface area contributed by atoms with Crippen LogP contribution in [-0.4, -0.2) is 18.7 Å². The number of nitrogens with zero attached hydrogens (tertiary/aromatic N) is 1. The Morgan fingerprint density at radius 3 is 1.55 bits per heavy atom. The third-order valence-corrected chi connectivity index (χ3v) is 0.576. The maximum atomic E-state index is 9.82. The molecule has 62 valence electrons. The molecule has 4 N–H and O–H groups in total. The topological polar surface area (TPSA) is 98.5 Å². The zero-order chi connectivity index (χ0) is 9.44. The van der Waals surface area contributed by atoms with Crippen molar-refractivity contribution in [1.82, 2.24) is 0 Å². The summed E-state index contributed by atoms with van der Waals surface area (Å²) < 4.78 is 0. The lowest BCUT2D eigenvalue weighted by Gasteiger charge is -1.81. The Morgan fingerprint density at radius 2 is 1.55 bits per heavy atom. The lowest BCUT2D eigenvalue weighted by Crippen LogP contribution is -2.10. The standard InChI is InChI=1S/C4H7NO.C2H4N2O/c1-3(2)4(5)6;1-4-2(3)5/h1H2,2H3,(H2,5,6);1H2,(H2,3,5). The van der Waals surface area contributed by atoms with E-state index in [2.05, 4.69) is 24.0 Å². The first kappa shape index (κ1) is 12.1. The van der Waals surface area contributed by atoms with E-state index in [0.717, 1.165) is 0 Å². The highest BCUT2D eigenvalue weighted by molar-refractivity contribution is 5.90. The Hall–Kier alpha value is -1.65. The molecule has 0 heterocycles. The molecular weight excluding hydrogens is 146 g/mol. The van der Waals surface area contributed by atoms with E-state index in [1.54, 1.807) is 6.92 Å². The Bertz CT molecular complexity index is 174. The van der Waals surface area contributed by atoms with Crippen molar-refractivity contribution in [1.29, 1.82) is 0 Å². The molecule has 0 aromatic rings. The summed E-state index contributed by atoms with van der Waals surface area (Å²) >= 11 is 0. The summed E-state index contributed by atoms with van der Waals surface area (Å²) in [6.45, 7) is 7.69. The lowest BCUT2D eigenvalue weighted by atomic mass is 10.3. The van der Waals surface area contributed by atoms with Crippen molar-refractivity contribution in [2.24, 2.45) is 16.5 Å². The zero-order valence-corrected chi connectivity index (χ0v) is 6.33. The Kier molecular flexibility index (Phi) is 7.10. The van der Waals surface area contributed by atoms with Crippen molar-refractivity contribution >= 4 is 18.7 Å². The van der Waals surface area contributed by atoms with Gasteiger partial charge >= 0.3 is 6.03 Å². The summed E-state index contributed by atoms with van der Waals surface area (Å²) in [5, 5.41) is 0. The third kappa shape index (κ3) is 17.8. The predicted octanol–water partition coefficient (Wildman–Crippen LogP) is -0.186. The van der Waals surface area contributed by atoms with Crippen LogP contribution in [0.3, 0.4) is 0 Å². The molecule has 0 saturated carbocycles. The average molecular weight is 157 g/mol. The van der Waals surface area contributed by atoms with Crippen LogP contribution in [0.1, 0.15) is 6.92 Å². The van der Waals surface area contributed by atoms with Crippen LogP contribution in [-0.2, 0) is 4.79 Å². The van der Waals surface area contributed by atoms with Crippen molar-refractivity contribution < 1.29 is 9.59 Å². The van der Waals surface area contributed by atoms with Crippen molar-refractivity contribution in [3.63, 3.8) is 0 Å². The Balaban J connectivity index is 0. The van der Waals surface area contributed by atoms with Gasteiger partial charge in [0.05, 0.1) is 0 Å². The zero-order valence-electron chi connectivity index (χ0n) is 6.33. The normalized spacial score (nSPS) is 7.00. The van der Waals surface area contributed by atoms with Gasteiger partial charge in [-0.3, -0.25) is 4.79 Å². The first-order valence-electron chi connectivity index (χ1n) is 2.63. The van der Waals surface area contributed by atoms with Crippen molar-refractivity contribution in [2.75, 3.05) is 0 Å². The Morgan fingerprint density at radius 1 is 1.36 bits per heavy atom. The van der Waals surface area contributed by atoms with E-state index in [4.69, 9.17) is 5.73 Å². The van der Waals surface area contributed by atoms with E-state index < -0.39 is 11.9 Å². The molecular formula is C6H11N3O2. The molecule has 0 rings (SSSR count). The maximum Gasteiger partial charge on any atom is 0.337 e. The van der Waals surface area contributed by atoms with Gasteiger partial charge in [-0.1, -0.05) is 6.58 Å². The van der Waals surface area contributed by atoms with Crippen molar-refractivity contribution in [3.05, 3.63) is 12.2 Å². The van der Waals surface area contributed by atoms with Gasteiger partial charge in [0.2, 0.25) is 5.91 Å². The van der Waals surface area contributed by atoms with Crippen LogP contribution in [0.15, 0.2) is 17.1 Å². The van der Waals surface area contributed by atoms with E-state index in [1.807, 2.05) is 0 Å². The fraction of sp³-hybridized carbons (Fsp3) is 0.167. The molecule has 0 aromatic heterocycles. The van der Waals surface area contributed by atoms with Crippen molar-refractivity contribution in [2.45, 2.75) is 6.92 Å². The molecule has 3 amide bonds. The monoisotopic (exact) mass is 157 g/mol. The van der Waals surface area contributed by atoms with Gasteiger partial charge in [0.1, 0.15) is 0 Å². The second-order valence-electron chi connectivity index (χ2n) is 1.64. The highest BCUT2D eigenvalue weighted by atomic mass is 16.2. The lowest BCUT2D eigenvalue weighted by molar-refractivity contribution is -0.114. The summed E-state index contributed by atoms with van der Waals surface area (Å²) in [6, 6.07) is -0.731. The molecule has 5 nitrogen and oxygen atoms in total. The molecule has 0 radical (unpaired) electrons. The number of amides is 3. The van der Waals surface area contributed by atoms with E-state index in [0.29, 0.717) is 5.57 Å². The predicted molar refractivity (Wildman–Crippen MR) is 43.1 cm³/mol. The van der Waals surface area contributed by atoms with Gasteiger partial charge in [0, 0.05) is 5.57 Å². The first-order chi connectivity index (χ1) is 4.91. The number of nitrogens with two attached hydrogens (primary N) is 2. The summed E-state index contributed by atoms with van der Waals surface area (Å²) in [4.78, 5) is 22.0. The van der Waals surface area contributed by atoms with Crippen LogP contribution in [0.25, 0.3) is 0 Å². The maximum absolute atomic E-state index is 9.82. The molecule has 0 aromatic carbocycles. The van der Waals surface area contributed by atoms with Crippen molar-refractivity contribution in [3.8, 4) is 0 Å². The fourth-order valence-electron chi connectivity index (χ4n) is 0. The quantitative estimate of drug-likeness (QED) is 0.407. The van der Waals surface area contributed by atoms with Crippen LogP contribution in [0.4, 0.5) is 4.79 Å². The molecule has 5 heteroatoms. The number of urea groups is 1. The van der Waals surface area contributed by atoms with Crippen LogP contribution in [0.5, 0.6) is 0 Å². The molecule has 0 atom stereocenters.